The lowest BCUT2D eigenvalue weighted by Gasteiger charge is -2.21. The Morgan fingerprint density at radius 3 is 2.79 bits per heavy atom. The second-order valence-corrected chi connectivity index (χ2v) is 5.04. The number of aliphatic carboxylic acids is 1. The number of nitrogens with zero attached hydrogens (tertiary/aromatic N) is 1. The lowest BCUT2D eigenvalue weighted by Crippen LogP contribution is -2.42. The molecule has 1 aliphatic rings. The Labute approximate surface area is 83.1 Å². The number of carbonyl (C=O) groups is 1. The molecule has 1 unspecified atom stereocenters. The van der Waals surface area contributed by atoms with Crippen LogP contribution in [-0.4, -0.2) is 43.4 Å². The van der Waals surface area contributed by atoms with E-state index in [4.69, 9.17) is 5.11 Å². The summed E-state index contributed by atoms with van der Waals surface area (Å²) in [7, 11) is -2.15. The number of carboxylic acids is 1. The fourth-order valence-electron chi connectivity index (χ4n) is 1.65. The van der Waals surface area contributed by atoms with Crippen LogP contribution in [0.2, 0.25) is 0 Å². The molecule has 2 N–H and O–H groups in total. The summed E-state index contributed by atoms with van der Waals surface area (Å²) in [5.41, 5.74) is 0. The van der Waals surface area contributed by atoms with Gasteiger partial charge in [-0.1, -0.05) is 0 Å². The molecule has 1 rings (SSSR count). The van der Waals surface area contributed by atoms with Gasteiger partial charge in [-0.3, -0.25) is 4.79 Å². The fraction of sp³-hybridized carbons (Fsp3) is 0.857. The van der Waals surface area contributed by atoms with Crippen molar-refractivity contribution in [3.63, 3.8) is 0 Å². The Kier molecular flexibility index (Phi) is 3.46. The van der Waals surface area contributed by atoms with Crippen molar-refractivity contribution in [1.29, 1.82) is 0 Å². The van der Waals surface area contributed by atoms with Crippen LogP contribution in [0.5, 0.6) is 0 Å². The van der Waals surface area contributed by atoms with Crippen LogP contribution in [0.1, 0.15) is 19.3 Å². The first-order valence-electron chi connectivity index (χ1n) is 4.39. The van der Waals surface area contributed by atoms with Gasteiger partial charge >= 0.3 is 5.97 Å². The Bertz CT molecular complexity index is 314. The maximum Gasteiger partial charge on any atom is 0.304 e. The third kappa shape index (κ3) is 2.43. The lowest BCUT2D eigenvalue weighted by atomic mass is 10.2. The van der Waals surface area contributed by atoms with Gasteiger partial charge in [0.15, 0.2) is 0 Å². The quantitative estimate of drug-likeness (QED) is 0.664. The van der Waals surface area contributed by atoms with Crippen LogP contribution in [0.25, 0.3) is 0 Å². The van der Waals surface area contributed by atoms with Gasteiger partial charge in [0.05, 0.1) is 6.42 Å². The van der Waals surface area contributed by atoms with E-state index in [2.05, 4.69) is 4.72 Å². The molecule has 14 heavy (non-hydrogen) atoms. The van der Waals surface area contributed by atoms with Crippen molar-refractivity contribution in [2.45, 2.75) is 25.3 Å². The minimum atomic E-state index is -3.47. The van der Waals surface area contributed by atoms with Gasteiger partial charge in [0.2, 0.25) is 0 Å². The van der Waals surface area contributed by atoms with E-state index in [9.17, 15) is 13.2 Å². The molecule has 0 aromatic rings. The van der Waals surface area contributed by atoms with Crippen LogP contribution in [0.15, 0.2) is 0 Å². The number of hydrogen-bond acceptors (Lipinski definition) is 3. The van der Waals surface area contributed by atoms with Crippen LogP contribution < -0.4 is 4.72 Å². The SMILES string of the molecule is CNS(=O)(=O)N1CCCC1CC(=O)O. The number of hydrogen-bond donors (Lipinski definition) is 2. The maximum absolute atomic E-state index is 11.4. The molecule has 0 saturated carbocycles. The normalized spacial score (nSPS) is 23.9. The maximum atomic E-state index is 11.4. The summed E-state index contributed by atoms with van der Waals surface area (Å²) < 4.78 is 26.2. The van der Waals surface area contributed by atoms with Gasteiger partial charge < -0.3 is 5.11 Å². The van der Waals surface area contributed by atoms with Crippen LogP contribution in [-0.2, 0) is 15.0 Å². The summed E-state index contributed by atoms with van der Waals surface area (Å²) in [6, 6.07) is -0.398. The highest BCUT2D eigenvalue weighted by Gasteiger charge is 2.34. The van der Waals surface area contributed by atoms with E-state index in [0.29, 0.717) is 13.0 Å². The number of rotatable bonds is 4. The summed E-state index contributed by atoms with van der Waals surface area (Å²) in [4.78, 5) is 10.5. The highest BCUT2D eigenvalue weighted by Crippen LogP contribution is 2.22. The third-order valence-corrected chi connectivity index (χ3v) is 3.91. The summed E-state index contributed by atoms with van der Waals surface area (Å²) in [5.74, 6) is -0.965. The molecule has 0 aromatic heterocycles. The van der Waals surface area contributed by atoms with E-state index in [1.54, 1.807) is 0 Å². The molecule has 6 nitrogen and oxygen atoms in total. The molecule has 7 heteroatoms. The Morgan fingerprint density at radius 2 is 2.29 bits per heavy atom. The van der Waals surface area contributed by atoms with E-state index in [1.165, 1.54) is 11.4 Å². The Morgan fingerprint density at radius 1 is 1.64 bits per heavy atom. The number of nitrogens with one attached hydrogen (secondary N) is 1. The van der Waals surface area contributed by atoms with Crippen LogP contribution in [0.3, 0.4) is 0 Å². The minimum Gasteiger partial charge on any atom is -0.481 e. The first kappa shape index (κ1) is 11.4. The van der Waals surface area contributed by atoms with Crippen molar-refractivity contribution in [2.24, 2.45) is 0 Å². The molecule has 0 bridgehead atoms. The van der Waals surface area contributed by atoms with E-state index in [0.717, 1.165) is 6.42 Å². The first-order chi connectivity index (χ1) is 6.47. The molecule has 1 heterocycles. The Hall–Kier alpha value is -0.660. The van der Waals surface area contributed by atoms with E-state index < -0.39 is 22.2 Å². The van der Waals surface area contributed by atoms with E-state index in [1.807, 2.05) is 0 Å². The average Bonchev–Trinajstić information content (AvgIpc) is 2.52. The molecular weight excluding hydrogens is 208 g/mol. The zero-order valence-corrected chi connectivity index (χ0v) is 8.75. The van der Waals surface area contributed by atoms with Gasteiger partial charge in [0, 0.05) is 19.6 Å². The van der Waals surface area contributed by atoms with Gasteiger partial charge in [0.1, 0.15) is 0 Å². The average molecular weight is 222 g/mol. The molecule has 1 saturated heterocycles. The van der Waals surface area contributed by atoms with Crippen molar-refractivity contribution in [3.05, 3.63) is 0 Å². The topological polar surface area (TPSA) is 86.7 Å². The predicted molar refractivity (Wildman–Crippen MR) is 50.0 cm³/mol. The summed E-state index contributed by atoms with van der Waals surface area (Å²) in [6.07, 6.45) is 1.22. The van der Waals surface area contributed by atoms with Crippen molar-refractivity contribution < 1.29 is 18.3 Å². The fourth-order valence-corrected chi connectivity index (χ4v) is 2.82. The zero-order valence-electron chi connectivity index (χ0n) is 7.93. The number of carboxylic acid groups (broad SMARTS) is 1. The molecule has 0 aromatic carbocycles. The van der Waals surface area contributed by atoms with Gasteiger partial charge in [-0.25, -0.2) is 4.72 Å². The second kappa shape index (κ2) is 4.24. The van der Waals surface area contributed by atoms with Crippen LogP contribution >= 0.6 is 0 Å². The van der Waals surface area contributed by atoms with Crippen LogP contribution in [0, 0.1) is 0 Å². The third-order valence-electron chi connectivity index (χ3n) is 2.30. The van der Waals surface area contributed by atoms with Crippen molar-refractivity contribution in [3.8, 4) is 0 Å². The molecule has 0 aliphatic carbocycles. The van der Waals surface area contributed by atoms with Gasteiger partial charge in [-0.2, -0.15) is 12.7 Å². The van der Waals surface area contributed by atoms with E-state index >= 15 is 0 Å². The smallest absolute Gasteiger partial charge is 0.304 e. The molecule has 0 amide bonds. The minimum absolute atomic E-state index is 0.124. The van der Waals surface area contributed by atoms with Crippen molar-refractivity contribution in [1.82, 2.24) is 9.03 Å². The molecule has 1 aliphatic heterocycles. The predicted octanol–water partition coefficient (Wildman–Crippen LogP) is -0.610. The van der Waals surface area contributed by atoms with Gasteiger partial charge in [-0.05, 0) is 12.8 Å². The van der Waals surface area contributed by atoms with Crippen molar-refractivity contribution in [2.75, 3.05) is 13.6 Å². The first-order valence-corrected chi connectivity index (χ1v) is 5.83. The van der Waals surface area contributed by atoms with Gasteiger partial charge in [-0.15, -0.1) is 0 Å². The molecule has 82 valence electrons. The zero-order chi connectivity index (χ0) is 10.8. The highest BCUT2D eigenvalue weighted by atomic mass is 32.2. The standard InChI is InChI=1S/C7H14N2O4S/c1-8-14(12,13)9-4-2-3-6(9)5-7(10)11/h6,8H,2-5H2,1H3,(H,10,11). The Balaban J connectivity index is 2.74. The van der Waals surface area contributed by atoms with Gasteiger partial charge in [0.25, 0.3) is 10.2 Å². The molecular formula is C7H14N2O4S. The molecule has 1 fully saturated rings. The van der Waals surface area contributed by atoms with Crippen molar-refractivity contribution >= 4 is 16.2 Å². The summed E-state index contributed by atoms with van der Waals surface area (Å²) >= 11 is 0. The monoisotopic (exact) mass is 222 g/mol. The molecule has 0 radical (unpaired) electrons. The summed E-state index contributed by atoms with van der Waals surface area (Å²) in [6.45, 7) is 0.404. The summed E-state index contributed by atoms with van der Waals surface area (Å²) in [5, 5.41) is 8.59. The molecule has 0 spiro atoms. The highest BCUT2D eigenvalue weighted by molar-refractivity contribution is 7.87. The van der Waals surface area contributed by atoms with E-state index in [-0.39, 0.29) is 6.42 Å². The molecule has 1 atom stereocenters. The lowest BCUT2D eigenvalue weighted by molar-refractivity contribution is -0.137. The van der Waals surface area contributed by atoms with Crippen LogP contribution in [0.4, 0.5) is 0 Å². The largest absolute Gasteiger partial charge is 0.481 e. The second-order valence-electron chi connectivity index (χ2n) is 3.21.